The number of fused-ring (bicyclic) bond motifs is 1. The first-order valence-electron chi connectivity index (χ1n) is 8.84. The molecule has 0 spiro atoms. The molecular weight excluding hydrogens is 394 g/mol. The number of hydrogen-bond donors (Lipinski definition) is 3. The van der Waals surface area contributed by atoms with Crippen LogP contribution in [0.5, 0.6) is 0 Å². The minimum Gasteiger partial charge on any atom is -0.382 e. The number of nitrogens with one attached hydrogen (secondary N) is 1. The quantitative estimate of drug-likeness (QED) is 0.476. The predicted octanol–water partition coefficient (Wildman–Crippen LogP) is 2.66. The number of aliphatic hydroxyl groups excluding tert-OH is 1. The second-order valence-electron chi connectivity index (χ2n) is 6.59. The van der Waals surface area contributed by atoms with Crippen molar-refractivity contribution in [2.75, 3.05) is 11.1 Å². The summed E-state index contributed by atoms with van der Waals surface area (Å²) < 4.78 is 28.2. The van der Waals surface area contributed by atoms with Gasteiger partial charge in [0.1, 0.15) is 29.0 Å². The number of carbonyl (C=O) groups excluding carboxylic acids is 1. The SMILES string of the molecule is Cc1nn(-c2ccc(NC(=O)C(O)c3cc(F)cc(F)c3)cc2)c2c(N)ncnc12. The van der Waals surface area contributed by atoms with E-state index in [4.69, 9.17) is 5.73 Å². The molecule has 152 valence electrons. The van der Waals surface area contributed by atoms with E-state index in [1.807, 2.05) is 0 Å². The standard InChI is InChI=1S/C20H16F2N6O2/c1-10-16-17(19(23)25-9-24-16)28(27-10)15-4-2-14(3-5-15)26-20(30)18(29)11-6-12(21)8-13(22)7-11/h2-9,18,29H,1H3,(H,26,30)(H2,23,24,25). The average molecular weight is 410 g/mol. The minimum atomic E-state index is -1.73. The van der Waals surface area contributed by atoms with Gasteiger partial charge in [-0.1, -0.05) is 0 Å². The summed E-state index contributed by atoms with van der Waals surface area (Å²) in [7, 11) is 0. The molecule has 4 aromatic rings. The molecule has 2 heterocycles. The topological polar surface area (TPSA) is 119 Å². The summed E-state index contributed by atoms with van der Waals surface area (Å²) in [6.07, 6.45) is -0.366. The van der Waals surface area contributed by atoms with Gasteiger partial charge in [-0.05, 0) is 48.9 Å². The van der Waals surface area contributed by atoms with Gasteiger partial charge in [0, 0.05) is 11.8 Å². The third-order valence-corrected chi connectivity index (χ3v) is 4.48. The Balaban J connectivity index is 1.57. The Bertz CT molecular complexity index is 1240. The molecule has 30 heavy (non-hydrogen) atoms. The number of benzene rings is 2. The van der Waals surface area contributed by atoms with E-state index in [1.54, 1.807) is 35.9 Å². The van der Waals surface area contributed by atoms with Crippen molar-refractivity contribution in [1.82, 2.24) is 19.7 Å². The maximum Gasteiger partial charge on any atom is 0.257 e. The zero-order valence-corrected chi connectivity index (χ0v) is 15.7. The van der Waals surface area contributed by atoms with E-state index in [1.165, 1.54) is 6.33 Å². The van der Waals surface area contributed by atoms with E-state index >= 15 is 0 Å². The highest BCUT2D eigenvalue weighted by Gasteiger charge is 2.19. The van der Waals surface area contributed by atoms with E-state index < -0.39 is 23.6 Å². The van der Waals surface area contributed by atoms with Crippen molar-refractivity contribution in [3.05, 3.63) is 71.7 Å². The fourth-order valence-corrected chi connectivity index (χ4v) is 3.08. The average Bonchev–Trinajstić information content (AvgIpc) is 3.05. The van der Waals surface area contributed by atoms with Crippen LogP contribution in [-0.2, 0) is 4.79 Å². The van der Waals surface area contributed by atoms with Gasteiger partial charge in [-0.15, -0.1) is 0 Å². The highest BCUT2D eigenvalue weighted by Crippen LogP contribution is 2.24. The molecule has 1 amide bonds. The van der Waals surface area contributed by atoms with Gasteiger partial charge >= 0.3 is 0 Å². The second-order valence-corrected chi connectivity index (χ2v) is 6.59. The van der Waals surface area contributed by atoms with Crippen molar-refractivity contribution in [1.29, 1.82) is 0 Å². The Morgan fingerprint density at radius 2 is 1.80 bits per heavy atom. The molecule has 0 fully saturated rings. The van der Waals surface area contributed by atoms with Crippen molar-refractivity contribution in [2.45, 2.75) is 13.0 Å². The number of hydrogen-bond acceptors (Lipinski definition) is 6. The summed E-state index contributed by atoms with van der Waals surface area (Å²) in [4.78, 5) is 20.4. The normalized spacial score (nSPS) is 12.1. The molecule has 2 aromatic heterocycles. The lowest BCUT2D eigenvalue weighted by Gasteiger charge is -2.13. The number of nitrogen functional groups attached to an aromatic ring is 1. The minimum absolute atomic E-state index is 0.185. The van der Waals surface area contributed by atoms with Crippen molar-refractivity contribution >= 4 is 28.4 Å². The van der Waals surface area contributed by atoms with Gasteiger partial charge in [0.25, 0.3) is 5.91 Å². The largest absolute Gasteiger partial charge is 0.382 e. The first-order valence-corrected chi connectivity index (χ1v) is 8.84. The Morgan fingerprint density at radius 1 is 1.13 bits per heavy atom. The van der Waals surface area contributed by atoms with Crippen LogP contribution in [0.4, 0.5) is 20.3 Å². The smallest absolute Gasteiger partial charge is 0.257 e. The highest BCUT2D eigenvalue weighted by atomic mass is 19.1. The molecule has 0 radical (unpaired) electrons. The predicted molar refractivity (Wildman–Crippen MR) is 106 cm³/mol. The number of carbonyl (C=O) groups is 1. The summed E-state index contributed by atoms with van der Waals surface area (Å²) in [5.74, 6) is -2.31. The molecule has 0 aliphatic heterocycles. The Labute approximate surface area is 169 Å². The summed E-state index contributed by atoms with van der Waals surface area (Å²) in [6.45, 7) is 1.80. The molecule has 4 N–H and O–H groups in total. The number of halogens is 2. The third-order valence-electron chi connectivity index (χ3n) is 4.48. The van der Waals surface area contributed by atoms with Gasteiger partial charge in [0.2, 0.25) is 0 Å². The molecule has 0 aliphatic rings. The molecule has 1 unspecified atom stereocenters. The van der Waals surface area contributed by atoms with Crippen molar-refractivity contribution in [2.24, 2.45) is 0 Å². The Morgan fingerprint density at radius 3 is 2.47 bits per heavy atom. The van der Waals surface area contributed by atoms with Crippen LogP contribution in [0.1, 0.15) is 17.4 Å². The van der Waals surface area contributed by atoms with E-state index in [2.05, 4.69) is 20.4 Å². The number of nitrogens with zero attached hydrogens (tertiary/aromatic N) is 4. The fourth-order valence-electron chi connectivity index (χ4n) is 3.08. The third kappa shape index (κ3) is 3.55. The zero-order chi connectivity index (χ0) is 21.4. The zero-order valence-electron chi connectivity index (χ0n) is 15.7. The van der Waals surface area contributed by atoms with Gasteiger partial charge in [0.15, 0.2) is 11.9 Å². The fraction of sp³-hybridized carbons (Fsp3) is 0.100. The molecule has 8 nitrogen and oxygen atoms in total. The molecule has 4 rings (SSSR count). The molecule has 0 saturated carbocycles. The monoisotopic (exact) mass is 410 g/mol. The van der Waals surface area contributed by atoms with Crippen LogP contribution in [-0.4, -0.2) is 30.8 Å². The lowest BCUT2D eigenvalue weighted by molar-refractivity contribution is -0.124. The summed E-state index contributed by atoms with van der Waals surface area (Å²) in [6, 6.07) is 9.00. The van der Waals surface area contributed by atoms with Crippen LogP contribution in [0.2, 0.25) is 0 Å². The maximum absolute atomic E-state index is 13.3. The number of nitrogens with two attached hydrogens (primary N) is 1. The van der Waals surface area contributed by atoms with Gasteiger partial charge in [-0.3, -0.25) is 4.79 Å². The van der Waals surface area contributed by atoms with Crippen LogP contribution in [0.25, 0.3) is 16.7 Å². The second kappa shape index (κ2) is 7.48. The van der Waals surface area contributed by atoms with Crippen molar-refractivity contribution < 1.29 is 18.7 Å². The van der Waals surface area contributed by atoms with E-state index in [0.29, 0.717) is 34.2 Å². The Kier molecular flexibility index (Phi) is 4.84. The number of anilines is 2. The van der Waals surface area contributed by atoms with Crippen LogP contribution in [0.15, 0.2) is 48.8 Å². The number of rotatable bonds is 4. The van der Waals surface area contributed by atoms with Crippen LogP contribution < -0.4 is 11.1 Å². The van der Waals surface area contributed by atoms with Crippen LogP contribution in [0, 0.1) is 18.6 Å². The highest BCUT2D eigenvalue weighted by molar-refractivity contribution is 5.95. The summed E-state index contributed by atoms with van der Waals surface area (Å²) in [5.41, 5.74) is 8.68. The number of aliphatic hydroxyl groups is 1. The van der Waals surface area contributed by atoms with E-state index in [-0.39, 0.29) is 11.4 Å². The van der Waals surface area contributed by atoms with Gasteiger partial charge in [-0.2, -0.15) is 5.10 Å². The van der Waals surface area contributed by atoms with E-state index in [0.717, 1.165) is 12.1 Å². The number of aromatic nitrogens is 4. The van der Waals surface area contributed by atoms with Crippen molar-refractivity contribution in [3.63, 3.8) is 0 Å². The van der Waals surface area contributed by atoms with Gasteiger partial charge < -0.3 is 16.2 Å². The number of amides is 1. The molecular formula is C20H16F2N6O2. The van der Waals surface area contributed by atoms with Crippen molar-refractivity contribution in [3.8, 4) is 5.69 Å². The number of aryl methyl sites for hydroxylation is 1. The molecule has 1 atom stereocenters. The lowest BCUT2D eigenvalue weighted by atomic mass is 10.1. The van der Waals surface area contributed by atoms with Crippen LogP contribution >= 0.6 is 0 Å². The first-order chi connectivity index (χ1) is 14.3. The molecule has 10 heteroatoms. The van der Waals surface area contributed by atoms with Crippen LogP contribution in [0.3, 0.4) is 0 Å². The maximum atomic E-state index is 13.3. The summed E-state index contributed by atoms with van der Waals surface area (Å²) >= 11 is 0. The lowest BCUT2D eigenvalue weighted by Crippen LogP contribution is -2.21. The summed E-state index contributed by atoms with van der Waals surface area (Å²) in [5, 5.41) is 17.0. The molecule has 0 aliphatic carbocycles. The molecule has 0 bridgehead atoms. The van der Waals surface area contributed by atoms with E-state index in [9.17, 15) is 18.7 Å². The Hall–Kier alpha value is -3.92. The van der Waals surface area contributed by atoms with Gasteiger partial charge in [0.05, 0.1) is 11.4 Å². The molecule has 2 aromatic carbocycles. The van der Waals surface area contributed by atoms with Gasteiger partial charge in [-0.25, -0.2) is 23.4 Å². The first kappa shape index (κ1) is 19.4. The molecule has 0 saturated heterocycles.